The van der Waals surface area contributed by atoms with Gasteiger partial charge in [0.25, 0.3) is 5.52 Å². The zero-order valence-electron chi connectivity index (χ0n) is 15.6. The number of para-hydroxylation sites is 2. The molecule has 1 N–H and O–H groups in total. The number of fused-ring (bicyclic) bond motifs is 1. The molecule has 0 spiro atoms. The number of rotatable bonds is 8. The maximum Gasteiger partial charge on any atom is 0.347 e. The Morgan fingerprint density at radius 1 is 1.30 bits per heavy atom. The summed E-state index contributed by atoms with van der Waals surface area (Å²) in [6.45, 7) is 2.47. The van der Waals surface area contributed by atoms with Crippen LogP contribution in [0.5, 0.6) is 0 Å². The first-order valence-corrected chi connectivity index (χ1v) is 10.4. The smallest absolute Gasteiger partial charge is 0.347 e. The van der Waals surface area contributed by atoms with E-state index in [9.17, 15) is 23.3 Å². The molecule has 0 atom stereocenters. The summed E-state index contributed by atoms with van der Waals surface area (Å²) >= 11 is 0. The predicted molar refractivity (Wildman–Crippen MR) is 103 cm³/mol. The standard InChI is InChI=1S/C17H24N4O5S/c1-4-27(25,26)12-15-16(17(22)18-10-7-11-19(2)3)21(24)14-9-6-5-8-13(14)20(15)23/h5-6,8-9H,4,7,10-12H2,1-3H3,(H,18,22). The molecule has 0 aliphatic rings. The molecule has 0 fully saturated rings. The third-order valence-corrected chi connectivity index (χ3v) is 5.71. The Hall–Kier alpha value is -2.46. The second kappa shape index (κ2) is 8.49. The van der Waals surface area contributed by atoms with Crippen LogP contribution in [0, 0.1) is 10.1 Å². The monoisotopic (exact) mass is 396 g/mol. The number of carbonyl (C=O) groups is 1. The third kappa shape index (κ3) is 4.83. The summed E-state index contributed by atoms with van der Waals surface area (Å²) in [5, 5.41) is 15.3. The van der Waals surface area contributed by atoms with E-state index in [1.165, 1.54) is 19.1 Å². The Morgan fingerprint density at radius 2 is 1.96 bits per heavy atom. The first-order chi connectivity index (χ1) is 12.7. The van der Waals surface area contributed by atoms with Gasteiger partial charge < -0.3 is 20.2 Å². The summed E-state index contributed by atoms with van der Waals surface area (Å²) in [5.74, 6) is -1.65. The van der Waals surface area contributed by atoms with Crippen molar-refractivity contribution in [1.29, 1.82) is 0 Å². The van der Waals surface area contributed by atoms with Gasteiger partial charge in [0.1, 0.15) is 11.2 Å². The maximum atomic E-state index is 12.8. The third-order valence-electron chi connectivity index (χ3n) is 4.12. The van der Waals surface area contributed by atoms with E-state index >= 15 is 0 Å². The van der Waals surface area contributed by atoms with Gasteiger partial charge in [0.15, 0.2) is 9.84 Å². The average Bonchev–Trinajstić information content (AvgIpc) is 2.63. The molecule has 1 aromatic heterocycles. The average molecular weight is 396 g/mol. The van der Waals surface area contributed by atoms with Gasteiger partial charge >= 0.3 is 11.6 Å². The summed E-state index contributed by atoms with van der Waals surface area (Å²) in [5.41, 5.74) is -0.831. The molecule has 1 heterocycles. The molecule has 0 radical (unpaired) electrons. The van der Waals surface area contributed by atoms with Gasteiger partial charge in [-0.15, -0.1) is 0 Å². The molecule has 0 bridgehead atoms. The Bertz CT molecular complexity index is 998. The Balaban J connectivity index is 2.53. The van der Waals surface area contributed by atoms with Crippen molar-refractivity contribution in [2.75, 3.05) is 32.9 Å². The summed E-state index contributed by atoms with van der Waals surface area (Å²) < 4.78 is 24.9. The first kappa shape index (κ1) is 20.8. The number of amides is 1. The van der Waals surface area contributed by atoms with Gasteiger partial charge in [-0.2, -0.15) is 0 Å². The fourth-order valence-electron chi connectivity index (χ4n) is 2.63. The van der Waals surface area contributed by atoms with Crippen LogP contribution >= 0.6 is 0 Å². The summed E-state index contributed by atoms with van der Waals surface area (Å²) in [7, 11) is 0.155. The van der Waals surface area contributed by atoms with Crippen molar-refractivity contribution in [2.24, 2.45) is 0 Å². The first-order valence-electron chi connectivity index (χ1n) is 8.58. The Kier molecular flexibility index (Phi) is 6.55. The summed E-state index contributed by atoms with van der Waals surface area (Å²) in [6.07, 6.45) is 0.644. The quantitative estimate of drug-likeness (QED) is 0.513. The van der Waals surface area contributed by atoms with Crippen LogP contribution in [-0.2, 0) is 15.6 Å². The number of hydrogen-bond donors (Lipinski definition) is 1. The van der Waals surface area contributed by atoms with Gasteiger partial charge in [-0.05, 0) is 33.1 Å². The largest absolute Gasteiger partial charge is 0.805 e. The summed E-state index contributed by atoms with van der Waals surface area (Å²) in [6, 6.07) is 5.96. The zero-order valence-corrected chi connectivity index (χ0v) is 16.5. The van der Waals surface area contributed by atoms with Gasteiger partial charge in [-0.3, -0.25) is 4.79 Å². The molecule has 0 aliphatic carbocycles. The molecular formula is C17H24N4O5S. The number of nitrogens with zero attached hydrogens (tertiary/aromatic N) is 3. The van der Waals surface area contributed by atoms with Crippen molar-refractivity contribution in [3.63, 3.8) is 0 Å². The lowest BCUT2D eigenvalue weighted by atomic mass is 10.2. The van der Waals surface area contributed by atoms with Gasteiger partial charge in [-0.25, -0.2) is 8.42 Å². The lowest BCUT2D eigenvalue weighted by molar-refractivity contribution is -0.468. The summed E-state index contributed by atoms with van der Waals surface area (Å²) in [4.78, 5) is 27.3. The van der Waals surface area contributed by atoms with Gasteiger partial charge in [0.2, 0.25) is 0 Å². The highest BCUT2D eigenvalue weighted by Crippen LogP contribution is 2.17. The molecule has 27 heavy (non-hydrogen) atoms. The van der Waals surface area contributed by atoms with E-state index < -0.39 is 27.2 Å². The van der Waals surface area contributed by atoms with Crippen molar-refractivity contribution in [1.82, 2.24) is 14.9 Å². The number of carbonyl (C=O) groups excluding carboxylic acids is 1. The van der Waals surface area contributed by atoms with Crippen molar-refractivity contribution in [2.45, 2.75) is 19.1 Å². The van der Waals surface area contributed by atoms with Crippen LogP contribution in [0.1, 0.15) is 29.5 Å². The van der Waals surface area contributed by atoms with E-state index in [0.717, 1.165) is 6.54 Å². The molecule has 1 amide bonds. The fourth-order valence-corrected chi connectivity index (χ4v) is 3.50. The highest BCUT2D eigenvalue weighted by Gasteiger charge is 2.31. The van der Waals surface area contributed by atoms with E-state index in [-0.39, 0.29) is 22.5 Å². The predicted octanol–water partition coefficient (Wildman–Crippen LogP) is 0.518. The number of benzene rings is 1. The second-order valence-electron chi connectivity index (χ2n) is 6.46. The molecule has 2 rings (SSSR count). The minimum atomic E-state index is -3.63. The second-order valence-corrected chi connectivity index (χ2v) is 8.82. The minimum absolute atomic E-state index is 0.00332. The van der Waals surface area contributed by atoms with Crippen molar-refractivity contribution >= 4 is 26.8 Å². The van der Waals surface area contributed by atoms with Crippen molar-refractivity contribution < 1.29 is 17.6 Å². The highest BCUT2D eigenvalue weighted by molar-refractivity contribution is 7.90. The molecule has 0 aliphatic heterocycles. The number of nitrogens with one attached hydrogen (secondary N) is 1. The van der Waals surface area contributed by atoms with Crippen LogP contribution in [0.25, 0.3) is 11.0 Å². The molecule has 0 unspecified atom stereocenters. The molecule has 10 heteroatoms. The van der Waals surface area contributed by atoms with Crippen molar-refractivity contribution in [3.8, 4) is 0 Å². The fraction of sp³-hybridized carbons (Fsp3) is 0.471. The topological polar surface area (TPSA) is 117 Å². The van der Waals surface area contributed by atoms with Gasteiger partial charge in [0, 0.05) is 23.3 Å². The van der Waals surface area contributed by atoms with Gasteiger partial charge in [0.05, 0.1) is 10.2 Å². The molecule has 0 saturated heterocycles. The number of sulfone groups is 1. The molecule has 9 nitrogen and oxygen atoms in total. The molecular weight excluding hydrogens is 372 g/mol. The van der Waals surface area contributed by atoms with Crippen LogP contribution < -0.4 is 9.74 Å². The SMILES string of the molecule is CCS(=O)(=O)Cc1c(C(=O)NCCCN(C)C)[n+](=O)c2ccccc2n1[O-]. The molecule has 2 aromatic rings. The minimum Gasteiger partial charge on any atom is -0.805 e. The molecule has 148 valence electrons. The lowest BCUT2D eigenvalue weighted by Crippen LogP contribution is -2.38. The molecule has 0 saturated carbocycles. The van der Waals surface area contributed by atoms with E-state index in [4.69, 9.17) is 0 Å². The zero-order chi connectivity index (χ0) is 20.2. The highest BCUT2D eigenvalue weighted by atomic mass is 32.2. The van der Waals surface area contributed by atoms with Crippen LogP contribution in [0.3, 0.4) is 0 Å². The van der Waals surface area contributed by atoms with Crippen LogP contribution in [0.4, 0.5) is 0 Å². The number of aromatic nitrogens is 2. The van der Waals surface area contributed by atoms with E-state index in [1.807, 2.05) is 19.0 Å². The number of hydrogen-bond acceptors (Lipinski definition) is 6. The normalized spacial score (nSPS) is 11.9. The van der Waals surface area contributed by atoms with Gasteiger partial charge in [-0.1, -0.05) is 19.1 Å². The maximum absolute atomic E-state index is 12.8. The Morgan fingerprint density at radius 3 is 2.59 bits per heavy atom. The Labute approximate surface area is 157 Å². The van der Waals surface area contributed by atoms with Crippen LogP contribution in [0.15, 0.2) is 24.3 Å². The van der Waals surface area contributed by atoms with E-state index in [1.54, 1.807) is 12.1 Å². The van der Waals surface area contributed by atoms with Crippen molar-refractivity contribution in [3.05, 3.63) is 45.8 Å². The van der Waals surface area contributed by atoms with E-state index in [0.29, 0.717) is 22.1 Å². The lowest BCUT2D eigenvalue weighted by Gasteiger charge is -2.18. The van der Waals surface area contributed by atoms with E-state index in [2.05, 4.69) is 5.32 Å². The molecule has 1 aromatic carbocycles. The van der Waals surface area contributed by atoms with Crippen LogP contribution in [0.2, 0.25) is 0 Å². The van der Waals surface area contributed by atoms with Crippen LogP contribution in [-0.4, -0.2) is 56.9 Å².